The van der Waals surface area contributed by atoms with E-state index in [1.165, 1.54) is 28.3 Å². The Morgan fingerprint density at radius 2 is 1.40 bits per heavy atom. The molecule has 0 aliphatic rings. The van der Waals surface area contributed by atoms with Crippen molar-refractivity contribution in [3.63, 3.8) is 0 Å². The molecule has 0 unspecified atom stereocenters. The quantitative estimate of drug-likeness (QED) is 0.123. The predicted octanol–water partition coefficient (Wildman–Crippen LogP) is 15.9. The zero-order valence-electron chi connectivity index (χ0n) is 44.5. The number of fused-ring (bicyclic) bond motifs is 7. The van der Waals surface area contributed by atoms with Crippen molar-refractivity contribution < 1.29 is 32.7 Å². The van der Waals surface area contributed by atoms with Crippen LogP contribution in [0.2, 0.25) is 0 Å². The van der Waals surface area contributed by atoms with Crippen molar-refractivity contribution in [1.82, 2.24) is 24.5 Å². The molecule has 11 aromatic rings. The summed E-state index contributed by atoms with van der Waals surface area (Å²) >= 11 is 0. The van der Waals surface area contributed by atoms with E-state index in [0.29, 0.717) is 44.8 Å². The van der Waals surface area contributed by atoms with Crippen molar-refractivity contribution in [2.45, 2.75) is 79.4 Å². The first kappa shape index (κ1) is 38.3. The predicted molar refractivity (Wildman–Crippen MR) is 274 cm³/mol. The number of hydrogen-bond donors (Lipinski definition) is 0. The van der Waals surface area contributed by atoms with Gasteiger partial charge in [-0.15, -0.1) is 53.1 Å². The zero-order valence-corrected chi connectivity index (χ0v) is 40.9. The summed E-state index contributed by atoms with van der Waals surface area (Å²) in [6, 6.07) is 52.1. The maximum atomic E-state index is 8.55. The van der Waals surface area contributed by atoms with Crippen LogP contribution < -0.4 is 0 Å². The second kappa shape index (κ2) is 18.1. The van der Waals surface area contributed by atoms with Crippen molar-refractivity contribution in [2.24, 2.45) is 0 Å². The molecule has 0 aliphatic carbocycles. The van der Waals surface area contributed by atoms with Crippen molar-refractivity contribution in [3.05, 3.63) is 186 Å². The fourth-order valence-electron chi connectivity index (χ4n) is 8.82. The van der Waals surface area contributed by atoms with Gasteiger partial charge < -0.3 is 8.98 Å². The molecule has 0 saturated carbocycles. The van der Waals surface area contributed by atoms with Crippen molar-refractivity contribution in [1.29, 1.82) is 0 Å². The summed E-state index contributed by atoms with van der Waals surface area (Å²) in [7, 11) is 0. The number of hydrogen-bond acceptors (Lipinski definition) is 5. The fraction of sp³-hybridized carbons (Fsp3) is 0.200. The molecule has 4 heterocycles. The minimum Gasteiger partial charge on any atom is -0.486 e. The van der Waals surface area contributed by atoms with Gasteiger partial charge in [0.1, 0.15) is 0 Å². The summed E-state index contributed by atoms with van der Waals surface area (Å²) in [5, 5.41) is 4.16. The molecule has 4 aromatic heterocycles. The van der Waals surface area contributed by atoms with E-state index in [0.717, 1.165) is 44.1 Å². The van der Waals surface area contributed by atoms with Crippen LogP contribution in [-0.4, -0.2) is 24.5 Å². The maximum absolute atomic E-state index is 8.55. The molecule has 335 valence electrons. The molecule has 0 aliphatic heterocycles. The van der Waals surface area contributed by atoms with Crippen LogP contribution >= 0.6 is 0 Å². The second-order valence-corrected chi connectivity index (χ2v) is 18.5. The molecule has 0 saturated heterocycles. The molecule has 67 heavy (non-hydrogen) atoms. The van der Waals surface area contributed by atoms with Crippen LogP contribution in [0.5, 0.6) is 0 Å². The van der Waals surface area contributed by atoms with Gasteiger partial charge in [-0.3, -0.25) is 15.0 Å². The van der Waals surface area contributed by atoms with Gasteiger partial charge in [0.15, 0.2) is 0 Å². The summed E-state index contributed by atoms with van der Waals surface area (Å²) in [6.45, 7) is 10.6. The van der Waals surface area contributed by atoms with Gasteiger partial charge >= 0.3 is 0 Å². The number of para-hydroxylation sites is 2. The molecule has 0 fully saturated rings. The van der Waals surface area contributed by atoms with Crippen LogP contribution in [0.1, 0.15) is 96.5 Å². The molecule has 7 aromatic carbocycles. The van der Waals surface area contributed by atoms with Gasteiger partial charge in [0, 0.05) is 67.5 Å². The Bertz CT molecular complexity index is 3800. The molecular formula is C60H53IrN5O-2. The molecule has 0 amide bonds. The number of pyridine rings is 1. The van der Waals surface area contributed by atoms with Crippen molar-refractivity contribution >= 4 is 54.8 Å². The first-order chi connectivity index (χ1) is 34.3. The molecule has 6 nitrogen and oxygen atoms in total. The first-order valence-corrected chi connectivity index (χ1v) is 22.4. The molecule has 7 heteroatoms. The third-order valence-electron chi connectivity index (χ3n) is 12.2. The Kier molecular flexibility index (Phi) is 10.4. The van der Waals surface area contributed by atoms with Crippen LogP contribution in [0, 0.1) is 25.8 Å². The van der Waals surface area contributed by atoms with Gasteiger partial charge in [0.25, 0.3) is 0 Å². The van der Waals surface area contributed by atoms with Crippen molar-refractivity contribution in [2.75, 3.05) is 0 Å². The molecule has 0 spiro atoms. The molecular weight excluding hydrogens is 999 g/mol. The van der Waals surface area contributed by atoms with E-state index in [-0.39, 0.29) is 48.5 Å². The van der Waals surface area contributed by atoms with Gasteiger partial charge in [-0.05, 0) is 75.9 Å². The van der Waals surface area contributed by atoms with E-state index in [2.05, 4.69) is 136 Å². The summed E-state index contributed by atoms with van der Waals surface area (Å²) in [4.78, 5) is 19.1. The van der Waals surface area contributed by atoms with Crippen LogP contribution in [0.25, 0.3) is 94.4 Å². The van der Waals surface area contributed by atoms with Crippen LogP contribution in [0.3, 0.4) is 0 Å². The average molecular weight is 1060 g/mol. The smallest absolute Gasteiger partial charge is 0.216 e. The van der Waals surface area contributed by atoms with E-state index in [1.807, 2.05) is 54.6 Å². The first-order valence-electron chi connectivity index (χ1n) is 25.4. The van der Waals surface area contributed by atoms with Crippen molar-refractivity contribution in [3.8, 4) is 39.6 Å². The summed E-state index contributed by atoms with van der Waals surface area (Å²) in [5.74, 6) is 1.57. The summed E-state index contributed by atoms with van der Waals surface area (Å²) in [5.41, 5.74) is 11.8. The van der Waals surface area contributed by atoms with E-state index in [1.54, 1.807) is 24.4 Å². The third-order valence-corrected chi connectivity index (χ3v) is 12.2. The summed E-state index contributed by atoms with van der Waals surface area (Å²) < 4.78 is 56.6. The standard InChI is InChI=1S/C45H36N3O.C15H17N2.Ir/c1-26(2)35-24-32(29-13-7-6-8-14-29)25-36(27(3)4)42(35)48-39-18-12-11-17-38(39)46-44(48)34-22-19-28(5)40-37-23-31-21-20-30-15-9-10-16-33(30)41(31)47-45(37)49-43(34)40;1-11-5-7-12(8-6-11)14-16-10-9-13(17-14)15(2,3)4;/h6-21,23-27H,1-5H3;5-7,9-10H,1-4H3;/q2*-1;/i5D3;1D3;. The van der Waals surface area contributed by atoms with E-state index in [9.17, 15) is 0 Å². The Labute approximate surface area is 415 Å². The number of imidazole rings is 1. The molecule has 11 rings (SSSR count). The number of aromatic nitrogens is 5. The average Bonchev–Trinajstić information content (AvgIpc) is 3.93. The molecule has 0 bridgehead atoms. The Hall–Kier alpha value is -6.79. The zero-order chi connectivity index (χ0) is 50.9. The van der Waals surface area contributed by atoms with Gasteiger partial charge in [-0.25, -0.2) is 4.98 Å². The van der Waals surface area contributed by atoms with Gasteiger partial charge in [-0.1, -0.05) is 152 Å². The topological polar surface area (TPSA) is 69.6 Å². The SMILES string of the molecule is [2H]C([2H])([2H])c1c[c-]c(-c2nc3ccccc3n2-c2c(C(C)C)cc(-c3ccccc3)cc2C(C)C)c2oc3nc4c(ccc5ccccc54)cc3c12.[2H]C([2H])([2H])c1c[c-]c(-c2nccc(C(C)(C)C)n2)cc1.[Ir]. The number of benzene rings is 7. The van der Waals surface area contributed by atoms with Crippen LogP contribution in [-0.2, 0) is 25.5 Å². The minimum absolute atomic E-state index is 0. The Morgan fingerprint density at radius 3 is 2.12 bits per heavy atom. The van der Waals surface area contributed by atoms with Gasteiger partial charge in [0.05, 0.1) is 33.8 Å². The maximum Gasteiger partial charge on any atom is 0.216 e. The Morgan fingerprint density at radius 1 is 0.672 bits per heavy atom. The van der Waals surface area contributed by atoms with E-state index < -0.39 is 13.7 Å². The number of rotatable bonds is 6. The molecule has 1 radical (unpaired) electrons. The Balaban J connectivity index is 0.000000264. The normalized spacial score (nSPS) is 13.5. The number of nitrogens with zero attached hydrogens (tertiary/aromatic N) is 5. The van der Waals surface area contributed by atoms with Crippen LogP contribution in [0.15, 0.2) is 150 Å². The van der Waals surface area contributed by atoms with E-state index >= 15 is 0 Å². The van der Waals surface area contributed by atoms with Gasteiger partial charge in [-0.2, -0.15) is 0 Å². The molecule has 0 N–H and O–H groups in total. The van der Waals surface area contributed by atoms with E-state index in [4.69, 9.17) is 22.6 Å². The number of aryl methyl sites for hydroxylation is 2. The minimum atomic E-state index is -2.41. The third kappa shape index (κ3) is 8.48. The van der Waals surface area contributed by atoms with Gasteiger partial charge in [0.2, 0.25) is 5.71 Å². The summed E-state index contributed by atoms with van der Waals surface area (Å²) in [6.07, 6.45) is 1.72. The largest absolute Gasteiger partial charge is 0.486 e. The molecule has 0 atom stereocenters. The monoisotopic (exact) mass is 1060 g/mol. The fourth-order valence-corrected chi connectivity index (χ4v) is 8.82. The number of furan rings is 1. The second-order valence-electron chi connectivity index (χ2n) is 18.5. The van der Waals surface area contributed by atoms with Crippen LogP contribution in [0.4, 0.5) is 0 Å².